The van der Waals surface area contributed by atoms with Gasteiger partial charge in [0.15, 0.2) is 11.2 Å². The summed E-state index contributed by atoms with van der Waals surface area (Å²) in [4.78, 5) is 40.7. The molecular weight excluding hydrogens is 498 g/mol. The van der Waals surface area contributed by atoms with E-state index in [0.717, 1.165) is 36.3 Å². The molecule has 1 fully saturated rings. The van der Waals surface area contributed by atoms with Crippen molar-refractivity contribution in [2.24, 2.45) is 5.92 Å². The minimum atomic E-state index is -0.846. The molecule has 1 unspecified atom stereocenters. The molecule has 0 radical (unpaired) electrons. The molecule has 2 aromatic carbocycles. The Bertz CT molecular complexity index is 1520. The second-order valence-corrected chi connectivity index (χ2v) is 9.82. The van der Waals surface area contributed by atoms with Crippen LogP contribution in [0.5, 0.6) is 11.5 Å². The van der Waals surface area contributed by atoms with Crippen LogP contribution in [0, 0.1) is 5.92 Å². The number of fused-ring (bicyclic) bond motifs is 1. The van der Waals surface area contributed by atoms with Gasteiger partial charge in [-0.25, -0.2) is 9.97 Å². The summed E-state index contributed by atoms with van der Waals surface area (Å²) in [7, 11) is 0. The van der Waals surface area contributed by atoms with Crippen LogP contribution in [0.25, 0.3) is 33.7 Å². The molecule has 4 aromatic rings. The van der Waals surface area contributed by atoms with Crippen LogP contribution >= 0.6 is 0 Å². The zero-order valence-corrected chi connectivity index (χ0v) is 22.2. The van der Waals surface area contributed by atoms with Crippen molar-refractivity contribution in [2.75, 3.05) is 32.8 Å². The van der Waals surface area contributed by atoms with Crippen molar-refractivity contribution in [3.05, 3.63) is 58.6 Å². The van der Waals surface area contributed by atoms with Crippen LogP contribution in [0.15, 0.2) is 47.5 Å². The first-order valence-electron chi connectivity index (χ1n) is 13.3. The highest BCUT2D eigenvalue weighted by molar-refractivity contribution is 5.77. The van der Waals surface area contributed by atoms with Crippen molar-refractivity contribution in [1.29, 1.82) is 0 Å². The van der Waals surface area contributed by atoms with Crippen molar-refractivity contribution in [3.8, 4) is 34.0 Å². The number of rotatable bonds is 11. The number of likely N-dealkylation sites (tertiary alicyclic amines) is 1. The molecule has 0 bridgehead atoms. The molecule has 39 heavy (non-hydrogen) atoms. The zero-order valence-electron chi connectivity index (χ0n) is 22.2. The Morgan fingerprint density at radius 3 is 2.64 bits per heavy atom. The molecule has 10 heteroatoms. The van der Waals surface area contributed by atoms with Crippen LogP contribution in [0.2, 0.25) is 0 Å². The minimum absolute atomic E-state index is 0.309. The Hall–Kier alpha value is -4.18. The van der Waals surface area contributed by atoms with Gasteiger partial charge in [0.1, 0.15) is 23.9 Å². The number of aliphatic carboxylic acids is 1. The van der Waals surface area contributed by atoms with Crippen LogP contribution in [0.4, 0.5) is 0 Å². The van der Waals surface area contributed by atoms with Crippen molar-refractivity contribution in [2.45, 2.75) is 33.1 Å². The van der Waals surface area contributed by atoms with Gasteiger partial charge in [0.25, 0.3) is 5.56 Å². The molecule has 0 spiro atoms. The smallest absolute Gasteiger partial charge is 0.306 e. The van der Waals surface area contributed by atoms with Crippen molar-refractivity contribution >= 4 is 17.1 Å². The number of H-pyrrole nitrogens is 2. The molecule has 1 atom stereocenters. The SMILES string of the molecule is CCOc1cc(-c2ccc(OCCN3CCCC3)c(CC(C)C(=O)O)c2)ccc1-c1nc2nc[nH]c2c(=O)[nH]1. The summed E-state index contributed by atoms with van der Waals surface area (Å²) in [6, 6.07) is 11.6. The Morgan fingerprint density at radius 1 is 1.10 bits per heavy atom. The number of carboxylic acid groups (broad SMARTS) is 1. The maximum atomic E-state index is 12.5. The van der Waals surface area contributed by atoms with E-state index in [1.54, 1.807) is 6.92 Å². The monoisotopic (exact) mass is 531 g/mol. The third-order valence-corrected chi connectivity index (χ3v) is 7.04. The summed E-state index contributed by atoms with van der Waals surface area (Å²) in [6.07, 6.45) is 4.24. The van der Waals surface area contributed by atoms with Gasteiger partial charge in [-0.15, -0.1) is 0 Å². The summed E-state index contributed by atoms with van der Waals surface area (Å²) in [5.74, 6) is 0.248. The van der Waals surface area contributed by atoms with Gasteiger partial charge in [0.2, 0.25) is 0 Å². The van der Waals surface area contributed by atoms with Gasteiger partial charge >= 0.3 is 5.97 Å². The normalized spacial score (nSPS) is 14.5. The van der Waals surface area contributed by atoms with E-state index in [9.17, 15) is 14.7 Å². The van der Waals surface area contributed by atoms with Gasteiger partial charge in [-0.2, -0.15) is 0 Å². The molecule has 3 heterocycles. The lowest BCUT2D eigenvalue weighted by Gasteiger charge is -2.18. The summed E-state index contributed by atoms with van der Waals surface area (Å²) in [5.41, 5.74) is 3.63. The van der Waals surface area contributed by atoms with E-state index < -0.39 is 11.9 Å². The second kappa shape index (κ2) is 11.7. The summed E-state index contributed by atoms with van der Waals surface area (Å²) >= 11 is 0. The molecule has 1 saturated heterocycles. The van der Waals surface area contributed by atoms with Crippen molar-refractivity contribution < 1.29 is 19.4 Å². The highest BCUT2D eigenvalue weighted by atomic mass is 16.5. The van der Waals surface area contributed by atoms with Gasteiger partial charge in [-0.05, 0) is 80.2 Å². The van der Waals surface area contributed by atoms with Crippen LogP contribution in [0.1, 0.15) is 32.3 Å². The number of carboxylic acids is 1. The van der Waals surface area contributed by atoms with E-state index in [1.807, 2.05) is 43.3 Å². The fraction of sp³-hybridized carbons (Fsp3) is 0.379. The number of nitrogens with one attached hydrogen (secondary N) is 2. The lowest BCUT2D eigenvalue weighted by atomic mass is 9.95. The van der Waals surface area contributed by atoms with Crippen LogP contribution in [-0.2, 0) is 11.2 Å². The molecule has 0 saturated carbocycles. The molecule has 204 valence electrons. The number of ether oxygens (including phenoxy) is 2. The Balaban J connectivity index is 1.46. The molecule has 10 nitrogen and oxygen atoms in total. The van der Waals surface area contributed by atoms with Crippen molar-refractivity contribution in [1.82, 2.24) is 24.8 Å². The maximum absolute atomic E-state index is 12.5. The third-order valence-electron chi connectivity index (χ3n) is 7.04. The fourth-order valence-electron chi connectivity index (χ4n) is 4.91. The number of benzene rings is 2. The van der Waals surface area contributed by atoms with Gasteiger partial charge in [0.05, 0.1) is 24.4 Å². The van der Waals surface area contributed by atoms with E-state index in [-0.39, 0.29) is 5.56 Å². The zero-order chi connectivity index (χ0) is 27.4. The molecule has 0 aliphatic carbocycles. The number of hydrogen-bond acceptors (Lipinski definition) is 7. The first-order chi connectivity index (χ1) is 18.9. The van der Waals surface area contributed by atoms with Gasteiger partial charge in [0, 0.05) is 6.54 Å². The number of carbonyl (C=O) groups is 1. The predicted molar refractivity (Wildman–Crippen MR) is 148 cm³/mol. The van der Waals surface area contributed by atoms with Crippen LogP contribution in [0.3, 0.4) is 0 Å². The number of nitrogens with zero attached hydrogens (tertiary/aromatic N) is 3. The first-order valence-corrected chi connectivity index (χ1v) is 13.3. The largest absolute Gasteiger partial charge is 0.493 e. The summed E-state index contributed by atoms with van der Waals surface area (Å²) < 4.78 is 12.1. The second-order valence-electron chi connectivity index (χ2n) is 9.82. The summed E-state index contributed by atoms with van der Waals surface area (Å²) in [5, 5.41) is 9.54. The molecule has 1 aliphatic rings. The fourth-order valence-corrected chi connectivity index (χ4v) is 4.91. The predicted octanol–water partition coefficient (Wildman–Crippen LogP) is 4.12. The molecule has 0 amide bonds. The van der Waals surface area contributed by atoms with E-state index in [4.69, 9.17) is 9.47 Å². The third kappa shape index (κ3) is 5.96. The highest BCUT2D eigenvalue weighted by Crippen LogP contribution is 2.35. The van der Waals surface area contributed by atoms with Crippen molar-refractivity contribution in [3.63, 3.8) is 0 Å². The average Bonchev–Trinajstić information content (AvgIpc) is 3.62. The maximum Gasteiger partial charge on any atom is 0.306 e. The van der Waals surface area contributed by atoms with Crippen LogP contribution < -0.4 is 15.0 Å². The molecule has 5 rings (SSSR count). The molecule has 3 N–H and O–H groups in total. The molecule has 1 aliphatic heterocycles. The number of hydrogen-bond donors (Lipinski definition) is 3. The van der Waals surface area contributed by atoms with E-state index in [1.165, 1.54) is 19.2 Å². The Labute approximate surface area is 226 Å². The lowest BCUT2D eigenvalue weighted by molar-refractivity contribution is -0.141. The minimum Gasteiger partial charge on any atom is -0.493 e. The first kappa shape index (κ1) is 26.4. The molecular formula is C29H33N5O5. The molecule has 2 aromatic heterocycles. The van der Waals surface area contributed by atoms with E-state index in [0.29, 0.717) is 53.7 Å². The topological polar surface area (TPSA) is 133 Å². The number of aromatic amines is 2. The van der Waals surface area contributed by atoms with E-state index >= 15 is 0 Å². The standard InChI is InChI=1S/C29H33N5O5/c1-3-38-24-16-20(6-8-22(24)26-32-27-25(28(35)33-26)30-17-31-27)19-7-9-23(21(15-19)14-18(2)29(36)37)39-13-12-34-10-4-5-11-34/h6-9,15-18H,3-5,10-14H2,1-2H3,(H,36,37)(H2,30,31,32,33,35). The van der Waals surface area contributed by atoms with Gasteiger partial charge < -0.3 is 24.5 Å². The summed E-state index contributed by atoms with van der Waals surface area (Å²) in [6.45, 7) is 7.64. The van der Waals surface area contributed by atoms with E-state index in [2.05, 4.69) is 24.8 Å². The van der Waals surface area contributed by atoms with Gasteiger partial charge in [-0.3, -0.25) is 14.5 Å². The Kier molecular flexibility index (Phi) is 7.92. The number of aromatic nitrogens is 4. The van der Waals surface area contributed by atoms with Gasteiger partial charge in [-0.1, -0.05) is 19.1 Å². The number of imidazole rings is 1. The average molecular weight is 532 g/mol. The lowest BCUT2D eigenvalue weighted by Crippen LogP contribution is -2.25. The quantitative estimate of drug-likeness (QED) is 0.263. The highest BCUT2D eigenvalue weighted by Gasteiger charge is 2.18. The Morgan fingerprint density at radius 2 is 1.87 bits per heavy atom. The van der Waals surface area contributed by atoms with Crippen LogP contribution in [-0.4, -0.2) is 68.8 Å².